The van der Waals surface area contributed by atoms with E-state index in [-0.39, 0.29) is 0 Å². The maximum atomic E-state index is 6.13. The Hall–Kier alpha value is -1.77. The Labute approximate surface area is 135 Å². The van der Waals surface area contributed by atoms with Crippen LogP contribution in [0.4, 0.5) is 0 Å². The SMILES string of the molecule is Cc1cc(Cl)ccc1C1CNCCn2c1cc1ccccc12. The van der Waals surface area contributed by atoms with Crippen LogP contribution in [0.3, 0.4) is 0 Å². The number of hydrogen-bond acceptors (Lipinski definition) is 1. The van der Waals surface area contributed by atoms with Gasteiger partial charge in [0.05, 0.1) is 0 Å². The molecule has 2 heterocycles. The summed E-state index contributed by atoms with van der Waals surface area (Å²) >= 11 is 6.13. The third kappa shape index (κ3) is 2.23. The lowest BCUT2D eigenvalue weighted by Crippen LogP contribution is -2.21. The van der Waals surface area contributed by atoms with Crippen molar-refractivity contribution in [3.8, 4) is 0 Å². The van der Waals surface area contributed by atoms with E-state index in [4.69, 9.17) is 11.6 Å². The zero-order valence-corrected chi connectivity index (χ0v) is 13.4. The van der Waals surface area contributed by atoms with Crippen molar-refractivity contribution in [3.63, 3.8) is 0 Å². The van der Waals surface area contributed by atoms with Crippen molar-refractivity contribution < 1.29 is 0 Å². The number of nitrogens with zero attached hydrogens (tertiary/aromatic N) is 1. The molecular weight excluding hydrogens is 292 g/mol. The zero-order valence-electron chi connectivity index (χ0n) is 12.6. The van der Waals surface area contributed by atoms with Crippen LogP contribution in [0.15, 0.2) is 48.5 Å². The van der Waals surface area contributed by atoms with E-state index < -0.39 is 0 Å². The molecule has 1 unspecified atom stereocenters. The number of fused-ring (bicyclic) bond motifs is 3. The molecule has 0 fully saturated rings. The molecule has 1 atom stereocenters. The van der Waals surface area contributed by atoms with E-state index in [0.29, 0.717) is 5.92 Å². The van der Waals surface area contributed by atoms with Crippen LogP contribution in [-0.2, 0) is 6.54 Å². The molecule has 3 aromatic rings. The minimum absolute atomic E-state index is 0.368. The van der Waals surface area contributed by atoms with Crippen LogP contribution >= 0.6 is 11.6 Å². The number of benzene rings is 2. The van der Waals surface area contributed by atoms with Crippen molar-refractivity contribution in [1.29, 1.82) is 0 Å². The van der Waals surface area contributed by atoms with Gasteiger partial charge in [0, 0.05) is 41.8 Å². The van der Waals surface area contributed by atoms with Crippen molar-refractivity contribution in [2.24, 2.45) is 0 Å². The number of hydrogen-bond donors (Lipinski definition) is 1. The summed E-state index contributed by atoms with van der Waals surface area (Å²) in [6, 6.07) is 17.3. The van der Waals surface area contributed by atoms with Crippen molar-refractivity contribution in [3.05, 3.63) is 70.4 Å². The first-order chi connectivity index (χ1) is 10.7. The Balaban J connectivity index is 1.91. The van der Waals surface area contributed by atoms with Crippen LogP contribution in [0.5, 0.6) is 0 Å². The number of halogens is 1. The second-order valence-corrected chi connectivity index (χ2v) is 6.47. The third-order valence-corrected chi connectivity index (χ3v) is 4.90. The summed E-state index contributed by atoms with van der Waals surface area (Å²) < 4.78 is 2.47. The Morgan fingerprint density at radius 1 is 1.14 bits per heavy atom. The normalized spacial score (nSPS) is 18.2. The van der Waals surface area contributed by atoms with Crippen molar-refractivity contribution >= 4 is 22.5 Å². The van der Waals surface area contributed by atoms with Gasteiger partial charge in [-0.2, -0.15) is 0 Å². The number of nitrogens with one attached hydrogen (secondary N) is 1. The van der Waals surface area contributed by atoms with Crippen LogP contribution < -0.4 is 5.32 Å². The molecule has 0 radical (unpaired) electrons. The largest absolute Gasteiger partial charge is 0.343 e. The highest BCUT2D eigenvalue weighted by molar-refractivity contribution is 6.30. The van der Waals surface area contributed by atoms with E-state index in [0.717, 1.165) is 24.7 Å². The van der Waals surface area contributed by atoms with Gasteiger partial charge in [0.2, 0.25) is 0 Å². The molecule has 1 aromatic heterocycles. The second-order valence-electron chi connectivity index (χ2n) is 6.04. The molecule has 0 amide bonds. The summed E-state index contributed by atoms with van der Waals surface area (Å²) in [5.41, 5.74) is 5.36. The van der Waals surface area contributed by atoms with Gasteiger partial charge in [0.1, 0.15) is 0 Å². The van der Waals surface area contributed by atoms with Gasteiger partial charge in [-0.3, -0.25) is 0 Å². The molecule has 2 aromatic carbocycles. The van der Waals surface area contributed by atoms with E-state index in [1.54, 1.807) is 0 Å². The van der Waals surface area contributed by atoms with Crippen LogP contribution in [0.1, 0.15) is 22.7 Å². The minimum Gasteiger partial charge on any atom is -0.343 e. The zero-order chi connectivity index (χ0) is 15.1. The fourth-order valence-electron chi connectivity index (χ4n) is 3.61. The van der Waals surface area contributed by atoms with Crippen LogP contribution in [0, 0.1) is 6.92 Å². The van der Waals surface area contributed by atoms with Gasteiger partial charge in [-0.1, -0.05) is 35.9 Å². The highest BCUT2D eigenvalue weighted by Gasteiger charge is 2.23. The Morgan fingerprint density at radius 2 is 2.00 bits per heavy atom. The first-order valence-electron chi connectivity index (χ1n) is 7.79. The smallest absolute Gasteiger partial charge is 0.0483 e. The molecule has 0 saturated heterocycles. The highest BCUT2D eigenvalue weighted by Crippen LogP contribution is 2.33. The Kier molecular flexibility index (Phi) is 3.44. The number of rotatable bonds is 1. The van der Waals surface area contributed by atoms with E-state index in [1.165, 1.54) is 27.7 Å². The average molecular weight is 311 g/mol. The van der Waals surface area contributed by atoms with E-state index in [1.807, 2.05) is 6.07 Å². The van der Waals surface area contributed by atoms with Crippen LogP contribution in [0.2, 0.25) is 5.02 Å². The summed E-state index contributed by atoms with van der Waals surface area (Å²) in [6.07, 6.45) is 0. The van der Waals surface area contributed by atoms with Gasteiger partial charge in [0.15, 0.2) is 0 Å². The maximum absolute atomic E-state index is 6.13. The lowest BCUT2D eigenvalue weighted by molar-refractivity contribution is 0.646. The molecule has 3 heteroatoms. The molecule has 0 saturated carbocycles. The second kappa shape index (κ2) is 5.45. The summed E-state index contributed by atoms with van der Waals surface area (Å²) in [7, 11) is 0. The summed E-state index contributed by atoms with van der Waals surface area (Å²) in [4.78, 5) is 0. The molecule has 0 bridgehead atoms. The van der Waals surface area contributed by atoms with Crippen LogP contribution in [0.25, 0.3) is 10.9 Å². The first-order valence-corrected chi connectivity index (χ1v) is 8.17. The van der Waals surface area contributed by atoms with Crippen molar-refractivity contribution in [2.45, 2.75) is 19.4 Å². The monoisotopic (exact) mass is 310 g/mol. The Bertz CT molecular complexity index is 835. The van der Waals surface area contributed by atoms with E-state index >= 15 is 0 Å². The predicted molar refractivity (Wildman–Crippen MR) is 92.8 cm³/mol. The van der Waals surface area contributed by atoms with Crippen LogP contribution in [-0.4, -0.2) is 17.7 Å². The fourth-order valence-corrected chi connectivity index (χ4v) is 3.84. The van der Waals surface area contributed by atoms with Gasteiger partial charge in [-0.25, -0.2) is 0 Å². The molecule has 1 N–H and O–H groups in total. The van der Waals surface area contributed by atoms with Crippen molar-refractivity contribution in [2.75, 3.05) is 13.1 Å². The quantitative estimate of drug-likeness (QED) is 0.707. The molecule has 2 nitrogen and oxygen atoms in total. The summed E-state index contributed by atoms with van der Waals surface area (Å²) in [5, 5.41) is 5.72. The highest BCUT2D eigenvalue weighted by atomic mass is 35.5. The lowest BCUT2D eigenvalue weighted by Gasteiger charge is -2.19. The summed E-state index contributed by atoms with van der Waals surface area (Å²) in [6.45, 7) is 5.15. The molecule has 112 valence electrons. The van der Waals surface area contributed by atoms with Gasteiger partial charge >= 0.3 is 0 Å². The number of aromatic nitrogens is 1. The van der Waals surface area contributed by atoms with Gasteiger partial charge < -0.3 is 9.88 Å². The van der Waals surface area contributed by atoms with E-state index in [9.17, 15) is 0 Å². The molecule has 22 heavy (non-hydrogen) atoms. The molecular formula is C19H19ClN2. The van der Waals surface area contributed by atoms with E-state index in [2.05, 4.69) is 59.3 Å². The van der Waals surface area contributed by atoms with Gasteiger partial charge in [-0.05, 0) is 47.7 Å². The molecule has 1 aliphatic rings. The fraction of sp³-hybridized carbons (Fsp3) is 0.263. The lowest BCUT2D eigenvalue weighted by atomic mass is 9.92. The third-order valence-electron chi connectivity index (χ3n) is 4.67. The standard InChI is InChI=1S/C19H19ClN2/c1-13-10-15(20)6-7-16(13)17-12-21-8-9-22-18-5-3-2-4-14(18)11-19(17)22/h2-7,10-11,17,21H,8-9,12H2,1H3. The average Bonchev–Trinajstić information content (AvgIpc) is 2.75. The van der Waals surface area contributed by atoms with Gasteiger partial charge in [-0.15, -0.1) is 0 Å². The predicted octanol–water partition coefficient (Wildman–Crippen LogP) is 4.34. The number of para-hydroxylation sites is 1. The first kappa shape index (κ1) is 13.9. The molecule has 4 rings (SSSR count). The molecule has 1 aliphatic heterocycles. The molecule has 0 aliphatic carbocycles. The van der Waals surface area contributed by atoms with Gasteiger partial charge in [0.25, 0.3) is 0 Å². The van der Waals surface area contributed by atoms with Crippen molar-refractivity contribution in [1.82, 2.24) is 9.88 Å². The topological polar surface area (TPSA) is 17.0 Å². The summed E-state index contributed by atoms with van der Waals surface area (Å²) in [5.74, 6) is 0.368. The maximum Gasteiger partial charge on any atom is 0.0483 e. The Morgan fingerprint density at radius 3 is 2.86 bits per heavy atom. The molecule has 0 spiro atoms. The minimum atomic E-state index is 0.368. The number of aryl methyl sites for hydroxylation is 1.